The highest BCUT2D eigenvalue weighted by molar-refractivity contribution is 6.06. The molecule has 0 saturated heterocycles. The molecule has 6 heteroatoms. The highest BCUT2D eigenvalue weighted by Gasteiger charge is 2.08. The molecule has 1 heterocycles. The lowest BCUT2D eigenvalue weighted by Crippen LogP contribution is -2.11. The normalized spacial score (nSPS) is 10.7. The monoisotopic (exact) mass is 459 g/mol. The lowest BCUT2D eigenvalue weighted by atomic mass is 10.1. The smallest absolute Gasteiger partial charge is 0.255 e. The minimum Gasteiger partial charge on any atom is -0.340 e. The molecule has 0 atom stereocenters. The van der Waals surface area contributed by atoms with E-state index in [-0.39, 0.29) is 5.91 Å². The van der Waals surface area contributed by atoms with E-state index in [1.54, 1.807) is 0 Å². The summed E-state index contributed by atoms with van der Waals surface area (Å²) in [7, 11) is 0. The predicted octanol–water partition coefficient (Wildman–Crippen LogP) is 6.99. The summed E-state index contributed by atoms with van der Waals surface area (Å²) >= 11 is 0. The van der Waals surface area contributed by atoms with Crippen LogP contribution in [0.1, 0.15) is 21.6 Å². The summed E-state index contributed by atoms with van der Waals surface area (Å²) in [5.41, 5.74) is 5.16. The number of carbonyl (C=O) groups excluding carboxylic acids is 1. The van der Waals surface area contributed by atoms with Crippen LogP contribution in [0.2, 0.25) is 0 Å². The number of benzene rings is 4. The van der Waals surface area contributed by atoms with Crippen LogP contribution >= 0.6 is 0 Å². The molecule has 0 fully saturated rings. The zero-order valence-corrected chi connectivity index (χ0v) is 19.5. The predicted molar refractivity (Wildman–Crippen MR) is 143 cm³/mol. The lowest BCUT2D eigenvalue weighted by molar-refractivity contribution is 0.102. The van der Waals surface area contributed by atoms with Crippen molar-refractivity contribution in [3.05, 3.63) is 114 Å². The van der Waals surface area contributed by atoms with Crippen LogP contribution in [0.15, 0.2) is 97.1 Å². The summed E-state index contributed by atoms with van der Waals surface area (Å²) in [4.78, 5) is 21.8. The van der Waals surface area contributed by atoms with Crippen LogP contribution in [0.4, 0.5) is 28.8 Å². The lowest BCUT2D eigenvalue weighted by Gasteiger charge is -2.11. The van der Waals surface area contributed by atoms with Gasteiger partial charge < -0.3 is 16.0 Å². The summed E-state index contributed by atoms with van der Waals surface area (Å²) < 4.78 is 0. The van der Waals surface area contributed by atoms with E-state index in [9.17, 15) is 4.79 Å². The maximum Gasteiger partial charge on any atom is 0.255 e. The summed E-state index contributed by atoms with van der Waals surface area (Å²) in [6, 6.07) is 31.2. The van der Waals surface area contributed by atoms with Gasteiger partial charge in [0.15, 0.2) is 0 Å². The third kappa shape index (κ3) is 5.45. The van der Waals surface area contributed by atoms with E-state index >= 15 is 0 Å². The fourth-order valence-electron chi connectivity index (χ4n) is 3.77. The van der Waals surface area contributed by atoms with Crippen LogP contribution < -0.4 is 16.0 Å². The minimum absolute atomic E-state index is 0.144. The second-order valence-electron chi connectivity index (χ2n) is 8.43. The van der Waals surface area contributed by atoms with E-state index in [1.807, 2.05) is 104 Å². The molecule has 1 amide bonds. The molecule has 0 radical (unpaired) electrons. The summed E-state index contributed by atoms with van der Waals surface area (Å²) in [5, 5.41) is 11.7. The minimum atomic E-state index is -0.144. The number of aromatic nitrogens is 2. The van der Waals surface area contributed by atoms with Crippen LogP contribution in [0, 0.1) is 13.8 Å². The first-order chi connectivity index (χ1) is 17.0. The Balaban J connectivity index is 1.26. The molecular weight excluding hydrogens is 434 g/mol. The largest absolute Gasteiger partial charge is 0.340 e. The highest BCUT2D eigenvalue weighted by atomic mass is 16.1. The van der Waals surface area contributed by atoms with Crippen LogP contribution in [0.3, 0.4) is 0 Å². The molecule has 3 N–H and O–H groups in total. The Bertz CT molecular complexity index is 1490. The van der Waals surface area contributed by atoms with Gasteiger partial charge in [-0.3, -0.25) is 4.79 Å². The summed E-state index contributed by atoms with van der Waals surface area (Å²) in [6.07, 6.45) is 0. The Labute approximate surface area is 204 Å². The van der Waals surface area contributed by atoms with Crippen molar-refractivity contribution in [1.29, 1.82) is 0 Å². The molecule has 0 unspecified atom stereocenters. The van der Waals surface area contributed by atoms with Gasteiger partial charge in [-0.1, -0.05) is 48.0 Å². The van der Waals surface area contributed by atoms with Gasteiger partial charge in [-0.15, -0.1) is 0 Å². The van der Waals surface area contributed by atoms with Gasteiger partial charge in [0, 0.05) is 34.4 Å². The molecule has 35 heavy (non-hydrogen) atoms. The Hall–Kier alpha value is -4.71. The SMILES string of the molecule is Cc1ccc(Nc2nc(C)cc(Nc3ccc(NC(=O)c4ccc5ccccc5c4)cc3)n2)cc1. The standard InChI is InChI=1S/C29H25N5O/c1-19-7-11-26(12-8-19)33-29-30-20(2)17-27(34-29)31-24-13-15-25(16-14-24)32-28(35)23-10-9-21-5-3-4-6-22(21)18-23/h3-18H,1-2H3,(H,32,35)(H2,30,31,33,34). The Kier molecular flexibility index (Phi) is 6.09. The molecule has 4 aromatic carbocycles. The first-order valence-electron chi connectivity index (χ1n) is 11.4. The maximum atomic E-state index is 12.7. The number of anilines is 5. The molecule has 5 aromatic rings. The second-order valence-corrected chi connectivity index (χ2v) is 8.43. The van der Waals surface area contributed by atoms with Crippen molar-refractivity contribution in [1.82, 2.24) is 9.97 Å². The average molecular weight is 460 g/mol. The number of amides is 1. The van der Waals surface area contributed by atoms with Crippen molar-refractivity contribution in [2.45, 2.75) is 13.8 Å². The number of fused-ring (bicyclic) bond motifs is 1. The number of hydrogen-bond donors (Lipinski definition) is 3. The number of hydrogen-bond acceptors (Lipinski definition) is 5. The van der Waals surface area contributed by atoms with E-state index in [4.69, 9.17) is 0 Å². The van der Waals surface area contributed by atoms with Crippen molar-refractivity contribution >= 4 is 45.5 Å². The van der Waals surface area contributed by atoms with Crippen LogP contribution in [0.25, 0.3) is 10.8 Å². The number of aryl methyl sites for hydroxylation is 2. The molecule has 0 aliphatic carbocycles. The van der Waals surface area contributed by atoms with Crippen molar-refractivity contribution in [3.8, 4) is 0 Å². The topological polar surface area (TPSA) is 78.9 Å². The van der Waals surface area contributed by atoms with Gasteiger partial charge >= 0.3 is 0 Å². The van der Waals surface area contributed by atoms with Crippen molar-refractivity contribution in [2.75, 3.05) is 16.0 Å². The Morgan fingerprint density at radius 3 is 2.09 bits per heavy atom. The molecule has 6 nitrogen and oxygen atoms in total. The molecule has 0 spiro atoms. The second kappa shape index (κ2) is 9.65. The zero-order valence-electron chi connectivity index (χ0n) is 19.5. The third-order valence-electron chi connectivity index (χ3n) is 5.59. The number of rotatable bonds is 6. The average Bonchev–Trinajstić information content (AvgIpc) is 2.86. The quantitative estimate of drug-likeness (QED) is 0.255. The molecule has 5 rings (SSSR count). The third-order valence-corrected chi connectivity index (χ3v) is 5.59. The van der Waals surface area contributed by atoms with Gasteiger partial charge in [-0.25, -0.2) is 4.98 Å². The van der Waals surface area contributed by atoms with E-state index in [0.717, 1.165) is 27.8 Å². The molecule has 0 saturated carbocycles. The first kappa shape index (κ1) is 22.1. The molecular formula is C29H25N5O. The number of nitrogens with one attached hydrogen (secondary N) is 3. The highest BCUT2D eigenvalue weighted by Crippen LogP contribution is 2.22. The van der Waals surface area contributed by atoms with Crippen LogP contribution in [0.5, 0.6) is 0 Å². The number of nitrogens with zero attached hydrogens (tertiary/aromatic N) is 2. The maximum absolute atomic E-state index is 12.7. The molecule has 0 bridgehead atoms. The number of carbonyl (C=O) groups is 1. The first-order valence-corrected chi connectivity index (χ1v) is 11.4. The zero-order chi connectivity index (χ0) is 24.2. The van der Waals surface area contributed by atoms with Crippen molar-refractivity contribution < 1.29 is 4.79 Å². The molecule has 172 valence electrons. The van der Waals surface area contributed by atoms with E-state index < -0.39 is 0 Å². The Morgan fingerprint density at radius 2 is 1.31 bits per heavy atom. The molecule has 0 aliphatic rings. The summed E-state index contributed by atoms with van der Waals surface area (Å²) in [5.74, 6) is 1.06. The van der Waals surface area contributed by atoms with Crippen molar-refractivity contribution in [2.24, 2.45) is 0 Å². The van der Waals surface area contributed by atoms with Gasteiger partial charge in [0.1, 0.15) is 5.82 Å². The van der Waals surface area contributed by atoms with Gasteiger partial charge in [0.05, 0.1) is 0 Å². The van der Waals surface area contributed by atoms with Gasteiger partial charge in [-0.05, 0) is 73.2 Å². The van der Waals surface area contributed by atoms with E-state index in [1.165, 1.54) is 5.56 Å². The van der Waals surface area contributed by atoms with E-state index in [2.05, 4.69) is 32.8 Å². The Morgan fingerprint density at radius 1 is 0.657 bits per heavy atom. The van der Waals surface area contributed by atoms with Gasteiger partial charge in [-0.2, -0.15) is 4.98 Å². The van der Waals surface area contributed by atoms with Gasteiger partial charge in [0.25, 0.3) is 5.91 Å². The fourth-order valence-corrected chi connectivity index (χ4v) is 3.77. The van der Waals surface area contributed by atoms with Crippen molar-refractivity contribution in [3.63, 3.8) is 0 Å². The van der Waals surface area contributed by atoms with Gasteiger partial charge in [0.2, 0.25) is 5.95 Å². The molecule has 1 aromatic heterocycles. The van der Waals surface area contributed by atoms with Crippen LogP contribution in [-0.4, -0.2) is 15.9 Å². The summed E-state index contributed by atoms with van der Waals surface area (Å²) in [6.45, 7) is 3.98. The fraction of sp³-hybridized carbons (Fsp3) is 0.0690. The van der Waals surface area contributed by atoms with E-state index in [0.29, 0.717) is 23.0 Å². The van der Waals surface area contributed by atoms with Crippen LogP contribution in [-0.2, 0) is 0 Å². The molecule has 0 aliphatic heterocycles.